The molecule has 1 fully saturated rings. The van der Waals surface area contributed by atoms with Crippen LogP contribution in [-0.4, -0.2) is 37.9 Å². The average molecular weight is 229 g/mol. The van der Waals surface area contributed by atoms with Crippen molar-refractivity contribution in [2.45, 2.75) is 45.8 Å². The van der Waals surface area contributed by atoms with Gasteiger partial charge in [0.05, 0.1) is 18.6 Å². The van der Waals surface area contributed by atoms with Crippen LogP contribution < -0.4 is 5.32 Å². The lowest BCUT2D eigenvalue weighted by Crippen LogP contribution is -2.41. The van der Waals surface area contributed by atoms with Crippen LogP contribution >= 0.6 is 0 Å². The van der Waals surface area contributed by atoms with Crippen molar-refractivity contribution in [3.05, 3.63) is 0 Å². The standard InChI is InChI=1S/C12H23NO3/c1-4-15-12(14)9(2)8-13-11-5-6-16-10(3)7-11/h9-11,13H,4-8H2,1-3H3. The van der Waals surface area contributed by atoms with E-state index in [1.807, 2.05) is 13.8 Å². The third-order valence-corrected chi connectivity index (χ3v) is 2.89. The maximum Gasteiger partial charge on any atom is 0.309 e. The number of rotatable bonds is 5. The Bertz CT molecular complexity index is 220. The molecule has 3 unspecified atom stereocenters. The van der Waals surface area contributed by atoms with Crippen molar-refractivity contribution in [2.75, 3.05) is 19.8 Å². The van der Waals surface area contributed by atoms with E-state index in [4.69, 9.17) is 9.47 Å². The van der Waals surface area contributed by atoms with Gasteiger partial charge in [0.15, 0.2) is 0 Å². The Balaban J connectivity index is 2.20. The molecule has 0 amide bonds. The van der Waals surface area contributed by atoms with E-state index in [1.165, 1.54) is 0 Å². The molecule has 1 aliphatic rings. The van der Waals surface area contributed by atoms with Crippen molar-refractivity contribution in [1.82, 2.24) is 5.32 Å². The topological polar surface area (TPSA) is 47.6 Å². The van der Waals surface area contributed by atoms with Crippen LogP contribution in [0.2, 0.25) is 0 Å². The molecule has 16 heavy (non-hydrogen) atoms. The molecule has 0 aliphatic carbocycles. The largest absolute Gasteiger partial charge is 0.466 e. The molecular weight excluding hydrogens is 206 g/mol. The molecule has 0 aromatic heterocycles. The van der Waals surface area contributed by atoms with E-state index in [1.54, 1.807) is 0 Å². The summed E-state index contributed by atoms with van der Waals surface area (Å²) in [4.78, 5) is 11.4. The van der Waals surface area contributed by atoms with Gasteiger partial charge in [0.25, 0.3) is 0 Å². The van der Waals surface area contributed by atoms with Crippen LogP contribution in [0.25, 0.3) is 0 Å². The summed E-state index contributed by atoms with van der Waals surface area (Å²) in [5.74, 6) is -0.187. The molecule has 4 nitrogen and oxygen atoms in total. The number of esters is 1. The predicted octanol–water partition coefficient (Wildman–Crippen LogP) is 1.34. The van der Waals surface area contributed by atoms with Crippen molar-refractivity contribution in [2.24, 2.45) is 5.92 Å². The average Bonchev–Trinajstić information content (AvgIpc) is 2.26. The number of nitrogens with one attached hydrogen (secondary N) is 1. The summed E-state index contributed by atoms with van der Waals surface area (Å²) in [6, 6.07) is 0.473. The molecule has 3 atom stereocenters. The smallest absolute Gasteiger partial charge is 0.309 e. The van der Waals surface area contributed by atoms with E-state index in [0.717, 1.165) is 19.4 Å². The fourth-order valence-electron chi connectivity index (χ4n) is 1.89. The Morgan fingerprint density at radius 2 is 2.38 bits per heavy atom. The first-order valence-electron chi connectivity index (χ1n) is 6.15. The fraction of sp³-hybridized carbons (Fsp3) is 0.917. The highest BCUT2D eigenvalue weighted by Crippen LogP contribution is 2.13. The molecule has 1 rings (SSSR count). The van der Waals surface area contributed by atoms with Gasteiger partial charge in [0.1, 0.15) is 0 Å². The van der Waals surface area contributed by atoms with E-state index in [9.17, 15) is 4.79 Å². The van der Waals surface area contributed by atoms with Gasteiger partial charge in [-0.15, -0.1) is 0 Å². The van der Waals surface area contributed by atoms with Gasteiger partial charge in [-0.05, 0) is 26.7 Å². The Kier molecular flexibility index (Phi) is 5.77. The Hall–Kier alpha value is -0.610. The van der Waals surface area contributed by atoms with Gasteiger partial charge in [0, 0.05) is 19.2 Å². The minimum atomic E-state index is -0.116. The zero-order valence-electron chi connectivity index (χ0n) is 10.5. The van der Waals surface area contributed by atoms with Crippen molar-refractivity contribution < 1.29 is 14.3 Å². The Morgan fingerprint density at radius 1 is 1.62 bits per heavy atom. The van der Waals surface area contributed by atoms with Crippen LogP contribution in [0.15, 0.2) is 0 Å². The van der Waals surface area contributed by atoms with Crippen LogP contribution in [0.5, 0.6) is 0 Å². The number of ether oxygens (including phenoxy) is 2. The summed E-state index contributed by atoms with van der Waals surface area (Å²) in [6.45, 7) is 7.77. The molecule has 1 saturated heterocycles. The fourth-order valence-corrected chi connectivity index (χ4v) is 1.89. The summed E-state index contributed by atoms with van der Waals surface area (Å²) >= 11 is 0. The zero-order chi connectivity index (χ0) is 12.0. The van der Waals surface area contributed by atoms with Gasteiger partial charge in [-0.2, -0.15) is 0 Å². The Morgan fingerprint density at radius 3 is 3.00 bits per heavy atom. The van der Waals surface area contributed by atoms with Crippen LogP contribution in [0.3, 0.4) is 0 Å². The number of carbonyl (C=O) groups excluding carboxylic acids is 1. The first kappa shape index (κ1) is 13.5. The van der Waals surface area contributed by atoms with Crippen molar-refractivity contribution in [3.8, 4) is 0 Å². The van der Waals surface area contributed by atoms with Gasteiger partial charge >= 0.3 is 5.97 Å². The number of hydrogen-bond acceptors (Lipinski definition) is 4. The minimum absolute atomic E-state index is 0.0712. The summed E-state index contributed by atoms with van der Waals surface area (Å²) in [7, 11) is 0. The SMILES string of the molecule is CCOC(=O)C(C)CNC1CCOC(C)C1. The normalized spacial score (nSPS) is 27.4. The molecule has 0 aromatic rings. The number of hydrogen-bond donors (Lipinski definition) is 1. The zero-order valence-corrected chi connectivity index (χ0v) is 10.5. The first-order chi connectivity index (χ1) is 7.63. The van der Waals surface area contributed by atoms with Gasteiger partial charge in [0.2, 0.25) is 0 Å². The molecule has 0 aromatic carbocycles. The van der Waals surface area contributed by atoms with Gasteiger partial charge < -0.3 is 14.8 Å². The summed E-state index contributed by atoms with van der Waals surface area (Å²) in [6.07, 6.45) is 2.37. The summed E-state index contributed by atoms with van der Waals surface area (Å²) < 4.78 is 10.4. The second-order valence-corrected chi connectivity index (χ2v) is 4.46. The molecule has 0 spiro atoms. The Labute approximate surface area is 97.7 Å². The predicted molar refractivity (Wildman–Crippen MR) is 62.2 cm³/mol. The lowest BCUT2D eigenvalue weighted by Gasteiger charge is -2.28. The molecular formula is C12H23NO3. The first-order valence-corrected chi connectivity index (χ1v) is 6.15. The monoisotopic (exact) mass is 229 g/mol. The molecule has 1 aliphatic heterocycles. The van der Waals surface area contributed by atoms with Crippen molar-refractivity contribution in [1.29, 1.82) is 0 Å². The highest BCUT2D eigenvalue weighted by Gasteiger charge is 2.21. The molecule has 4 heteroatoms. The maximum atomic E-state index is 11.4. The van der Waals surface area contributed by atoms with Crippen LogP contribution in [-0.2, 0) is 14.3 Å². The quantitative estimate of drug-likeness (QED) is 0.723. The molecule has 0 bridgehead atoms. The molecule has 0 radical (unpaired) electrons. The third kappa shape index (κ3) is 4.49. The van der Waals surface area contributed by atoms with E-state index >= 15 is 0 Å². The third-order valence-electron chi connectivity index (χ3n) is 2.89. The number of carbonyl (C=O) groups is 1. The van der Waals surface area contributed by atoms with E-state index in [2.05, 4.69) is 12.2 Å². The minimum Gasteiger partial charge on any atom is -0.466 e. The lowest BCUT2D eigenvalue weighted by molar-refractivity contribution is -0.147. The summed E-state index contributed by atoms with van der Waals surface area (Å²) in [5.41, 5.74) is 0. The van der Waals surface area contributed by atoms with Gasteiger partial charge in [-0.1, -0.05) is 6.92 Å². The summed E-state index contributed by atoms with van der Waals surface area (Å²) in [5, 5.41) is 3.41. The van der Waals surface area contributed by atoms with Crippen LogP contribution in [0.1, 0.15) is 33.6 Å². The second kappa shape index (κ2) is 6.86. The molecule has 1 heterocycles. The van der Waals surface area contributed by atoms with E-state index < -0.39 is 0 Å². The lowest BCUT2D eigenvalue weighted by atomic mass is 10.0. The van der Waals surface area contributed by atoms with Crippen molar-refractivity contribution >= 4 is 5.97 Å². The van der Waals surface area contributed by atoms with E-state index in [-0.39, 0.29) is 11.9 Å². The van der Waals surface area contributed by atoms with Crippen LogP contribution in [0.4, 0.5) is 0 Å². The van der Waals surface area contributed by atoms with E-state index in [0.29, 0.717) is 25.3 Å². The molecule has 1 N–H and O–H groups in total. The van der Waals surface area contributed by atoms with Crippen molar-refractivity contribution in [3.63, 3.8) is 0 Å². The van der Waals surface area contributed by atoms with Gasteiger partial charge in [-0.3, -0.25) is 4.79 Å². The maximum absolute atomic E-state index is 11.4. The molecule has 0 saturated carbocycles. The highest BCUT2D eigenvalue weighted by molar-refractivity contribution is 5.72. The van der Waals surface area contributed by atoms with Crippen LogP contribution in [0, 0.1) is 5.92 Å². The van der Waals surface area contributed by atoms with Gasteiger partial charge in [-0.25, -0.2) is 0 Å². The second-order valence-electron chi connectivity index (χ2n) is 4.46. The molecule has 94 valence electrons. The highest BCUT2D eigenvalue weighted by atomic mass is 16.5.